The molecule has 32 heavy (non-hydrogen) atoms. The molecule has 1 aromatic heterocycles. The number of carbonyl (C=O) groups excluding carboxylic acids is 1. The van der Waals surface area contributed by atoms with Crippen LogP contribution in [0.4, 0.5) is 5.69 Å². The zero-order valence-corrected chi connectivity index (χ0v) is 19.2. The van der Waals surface area contributed by atoms with Crippen LogP contribution in [0.3, 0.4) is 0 Å². The van der Waals surface area contributed by atoms with E-state index in [0.717, 1.165) is 55.3 Å². The Labute approximate surface area is 190 Å². The fourth-order valence-corrected chi connectivity index (χ4v) is 5.38. The number of amides is 1. The van der Waals surface area contributed by atoms with Gasteiger partial charge in [-0.25, -0.2) is 0 Å². The number of hydrogen-bond donors (Lipinski definition) is 2. The van der Waals surface area contributed by atoms with Gasteiger partial charge in [0.2, 0.25) is 5.91 Å². The van der Waals surface area contributed by atoms with Crippen LogP contribution in [-0.2, 0) is 17.9 Å². The van der Waals surface area contributed by atoms with Gasteiger partial charge in [0.1, 0.15) is 5.84 Å². The minimum absolute atomic E-state index is 0.193. The fourth-order valence-electron chi connectivity index (χ4n) is 5.38. The highest BCUT2D eigenvalue weighted by Gasteiger charge is 2.45. The molecular weight excluding hydrogens is 400 g/mol. The Morgan fingerprint density at radius 1 is 1.25 bits per heavy atom. The molecule has 3 heterocycles. The molecule has 3 aliphatic rings. The third-order valence-electron chi connectivity index (χ3n) is 7.24. The van der Waals surface area contributed by atoms with E-state index in [0.29, 0.717) is 25.6 Å². The molecular formula is C25H34N6O. The molecule has 1 amide bonds. The smallest absolute Gasteiger partial charge is 0.224 e. The Balaban J connectivity index is 1.34. The van der Waals surface area contributed by atoms with Crippen molar-refractivity contribution in [2.45, 2.75) is 77.0 Å². The molecule has 5 rings (SSSR count). The largest absolute Gasteiger partial charge is 0.342 e. The number of rotatable bonds is 4. The van der Waals surface area contributed by atoms with E-state index in [1.165, 1.54) is 18.4 Å². The predicted molar refractivity (Wildman–Crippen MR) is 127 cm³/mol. The summed E-state index contributed by atoms with van der Waals surface area (Å²) in [5, 5.41) is 12.0. The van der Waals surface area contributed by atoms with E-state index in [1.54, 1.807) is 0 Å². The number of amidine groups is 1. The van der Waals surface area contributed by atoms with Crippen molar-refractivity contribution in [2.24, 2.45) is 4.99 Å². The van der Waals surface area contributed by atoms with Crippen LogP contribution in [0.15, 0.2) is 35.3 Å². The molecule has 7 heteroatoms. The van der Waals surface area contributed by atoms with Crippen molar-refractivity contribution < 1.29 is 4.79 Å². The van der Waals surface area contributed by atoms with Gasteiger partial charge < -0.3 is 10.2 Å². The number of nitrogens with one attached hydrogen (secondary N) is 2. The summed E-state index contributed by atoms with van der Waals surface area (Å²) < 4.78 is 1.94. The number of aromatic nitrogens is 2. The summed E-state index contributed by atoms with van der Waals surface area (Å²) in [4.78, 5) is 20.4. The van der Waals surface area contributed by atoms with Crippen LogP contribution < -0.4 is 10.6 Å². The second kappa shape index (κ2) is 8.70. The molecule has 2 fully saturated rings. The summed E-state index contributed by atoms with van der Waals surface area (Å²) in [5.74, 6) is 1.21. The van der Waals surface area contributed by atoms with Crippen molar-refractivity contribution in [3.05, 3.63) is 47.3 Å². The molecule has 1 unspecified atom stereocenters. The van der Waals surface area contributed by atoms with E-state index in [4.69, 9.17) is 4.99 Å². The Kier molecular flexibility index (Phi) is 5.76. The molecule has 1 saturated carbocycles. The predicted octanol–water partition coefficient (Wildman–Crippen LogP) is 3.42. The van der Waals surface area contributed by atoms with E-state index in [-0.39, 0.29) is 11.4 Å². The molecule has 1 aliphatic carbocycles. The van der Waals surface area contributed by atoms with E-state index in [2.05, 4.69) is 46.1 Å². The monoisotopic (exact) mass is 434 g/mol. The van der Waals surface area contributed by atoms with Gasteiger partial charge in [0.25, 0.3) is 0 Å². The topological polar surface area (TPSA) is 74.6 Å². The lowest BCUT2D eigenvalue weighted by Crippen LogP contribution is -2.55. The first-order valence-electron chi connectivity index (χ1n) is 12.0. The van der Waals surface area contributed by atoms with Crippen molar-refractivity contribution in [1.29, 1.82) is 0 Å². The van der Waals surface area contributed by atoms with Gasteiger partial charge in [0.05, 0.1) is 17.3 Å². The first kappa shape index (κ1) is 21.2. The highest BCUT2D eigenvalue weighted by atomic mass is 16.2. The van der Waals surface area contributed by atoms with Crippen LogP contribution in [0.2, 0.25) is 0 Å². The summed E-state index contributed by atoms with van der Waals surface area (Å²) in [7, 11) is 0. The van der Waals surface area contributed by atoms with Crippen LogP contribution in [0.25, 0.3) is 0 Å². The zero-order chi connectivity index (χ0) is 22.1. The van der Waals surface area contributed by atoms with Gasteiger partial charge in [-0.05, 0) is 50.8 Å². The third kappa shape index (κ3) is 4.18. The first-order valence-corrected chi connectivity index (χ1v) is 12.0. The van der Waals surface area contributed by atoms with E-state index in [1.807, 2.05) is 23.4 Å². The average molecular weight is 435 g/mol. The summed E-state index contributed by atoms with van der Waals surface area (Å²) in [5.41, 5.74) is 4.17. The number of para-hydroxylation sites is 1. The van der Waals surface area contributed by atoms with Gasteiger partial charge in [-0.2, -0.15) is 5.10 Å². The van der Waals surface area contributed by atoms with E-state index in [9.17, 15) is 4.79 Å². The minimum atomic E-state index is -0.310. The van der Waals surface area contributed by atoms with Gasteiger partial charge in [0.15, 0.2) is 0 Å². The van der Waals surface area contributed by atoms with Crippen LogP contribution >= 0.6 is 0 Å². The average Bonchev–Trinajstić information content (AvgIpc) is 3.49. The number of hydrogen-bond acceptors (Lipinski definition) is 4. The number of benzene rings is 1. The Hall–Kier alpha value is -2.67. The fraction of sp³-hybridized carbons (Fsp3) is 0.560. The highest BCUT2D eigenvalue weighted by molar-refractivity contribution is 6.04. The van der Waals surface area contributed by atoms with Gasteiger partial charge in [-0.15, -0.1) is 0 Å². The summed E-state index contributed by atoms with van der Waals surface area (Å²) in [6.07, 6.45) is 6.19. The second-order valence-electron chi connectivity index (χ2n) is 9.60. The molecule has 1 saturated heterocycles. The first-order chi connectivity index (χ1) is 15.5. The van der Waals surface area contributed by atoms with Crippen LogP contribution in [0.5, 0.6) is 0 Å². The maximum atomic E-state index is 13.1. The Bertz CT molecular complexity index is 1020. The number of nitrogens with zero attached hydrogens (tertiary/aromatic N) is 4. The number of aliphatic imine (C=N–C) groups is 1. The molecule has 1 atom stereocenters. The maximum Gasteiger partial charge on any atom is 0.224 e. The quantitative estimate of drug-likeness (QED) is 0.773. The number of aryl methyl sites for hydroxylation is 3. The maximum absolute atomic E-state index is 13.1. The zero-order valence-electron chi connectivity index (χ0n) is 19.2. The standard InChI is InChI=1S/C25H34N6O/c1-18-15-19(2)31(29-18)13-11-23(32)30-14-12-25(17-30)24(27-21-8-4-5-9-21)28-22-10-6-3-7-20(22)16-26-25/h3,6-7,10,15,21,26H,4-5,8-9,11-14,16-17H2,1-2H3,(H,27,28). The molecule has 0 radical (unpaired) electrons. The molecule has 170 valence electrons. The second-order valence-corrected chi connectivity index (χ2v) is 9.60. The van der Waals surface area contributed by atoms with Gasteiger partial charge >= 0.3 is 0 Å². The van der Waals surface area contributed by atoms with Crippen molar-refractivity contribution in [1.82, 2.24) is 20.0 Å². The van der Waals surface area contributed by atoms with Crippen molar-refractivity contribution in [3.8, 4) is 0 Å². The highest BCUT2D eigenvalue weighted by Crippen LogP contribution is 2.31. The van der Waals surface area contributed by atoms with Crippen molar-refractivity contribution in [3.63, 3.8) is 0 Å². The number of likely N-dealkylation sites (tertiary alicyclic amines) is 1. The molecule has 2 aromatic rings. The van der Waals surface area contributed by atoms with Crippen LogP contribution in [0, 0.1) is 13.8 Å². The molecule has 1 spiro atoms. The summed E-state index contributed by atoms with van der Waals surface area (Å²) in [6.45, 7) is 6.85. The van der Waals surface area contributed by atoms with Crippen molar-refractivity contribution in [2.75, 3.05) is 18.4 Å². The van der Waals surface area contributed by atoms with Crippen LogP contribution in [0.1, 0.15) is 55.5 Å². The number of fused-ring (bicyclic) bond motifs is 1. The molecule has 1 aromatic carbocycles. The third-order valence-corrected chi connectivity index (χ3v) is 7.24. The summed E-state index contributed by atoms with van der Waals surface area (Å²) >= 11 is 0. The molecule has 2 N–H and O–H groups in total. The summed E-state index contributed by atoms with van der Waals surface area (Å²) in [6, 6.07) is 10.9. The molecule has 7 nitrogen and oxygen atoms in total. The van der Waals surface area contributed by atoms with Gasteiger partial charge in [-0.1, -0.05) is 31.0 Å². The SMILES string of the molecule is Cc1cc(C)n(CCC(=O)N2CCC3(C2)NCc2ccccc2NC3=NC2CCCC2)n1. The lowest BCUT2D eigenvalue weighted by atomic mass is 9.96. The van der Waals surface area contributed by atoms with Gasteiger partial charge in [0, 0.05) is 44.0 Å². The lowest BCUT2D eigenvalue weighted by Gasteiger charge is -2.31. The molecule has 2 aliphatic heterocycles. The van der Waals surface area contributed by atoms with E-state index >= 15 is 0 Å². The van der Waals surface area contributed by atoms with Crippen LogP contribution in [-0.4, -0.2) is 51.1 Å². The van der Waals surface area contributed by atoms with E-state index < -0.39 is 0 Å². The van der Waals surface area contributed by atoms with Crippen molar-refractivity contribution >= 4 is 17.4 Å². The lowest BCUT2D eigenvalue weighted by molar-refractivity contribution is -0.130. The number of carbonyl (C=O) groups is 1. The molecule has 0 bridgehead atoms. The minimum Gasteiger partial charge on any atom is -0.342 e. The van der Waals surface area contributed by atoms with Gasteiger partial charge in [-0.3, -0.25) is 19.8 Å². The Morgan fingerprint density at radius 3 is 2.84 bits per heavy atom. The number of anilines is 1. The Morgan fingerprint density at radius 2 is 2.06 bits per heavy atom. The normalized spacial score (nSPS) is 24.7.